The zero-order valence-corrected chi connectivity index (χ0v) is 12.8. The van der Waals surface area contributed by atoms with E-state index in [1.54, 1.807) is 6.20 Å². The van der Waals surface area contributed by atoms with Gasteiger partial charge in [0.05, 0.1) is 5.56 Å². The standard InChI is InChI=1S/C17H20N2O3/c1-3-11-5-4-6-12-13(9-18-14(11)12)15(20)19-17(16(21)22)7-10(2)8-17/h4-6,9-10,18H,3,7-8H2,1-2H3,(H,19,20)(H,21,22). The number of aryl methyl sites for hydroxylation is 1. The number of aromatic nitrogens is 1. The second kappa shape index (κ2) is 5.16. The first-order chi connectivity index (χ1) is 10.5. The van der Waals surface area contributed by atoms with Crippen molar-refractivity contribution in [2.75, 3.05) is 0 Å². The van der Waals surface area contributed by atoms with Gasteiger partial charge >= 0.3 is 5.97 Å². The quantitative estimate of drug-likeness (QED) is 0.812. The van der Waals surface area contributed by atoms with Crippen LogP contribution in [0, 0.1) is 5.92 Å². The molecule has 1 aliphatic carbocycles. The summed E-state index contributed by atoms with van der Waals surface area (Å²) in [5.41, 5.74) is 1.48. The van der Waals surface area contributed by atoms with Gasteiger partial charge in [0, 0.05) is 17.1 Å². The molecule has 3 N–H and O–H groups in total. The highest BCUT2D eigenvalue weighted by Gasteiger charge is 2.50. The van der Waals surface area contributed by atoms with Crippen molar-refractivity contribution in [2.24, 2.45) is 5.92 Å². The molecule has 2 aromatic rings. The van der Waals surface area contributed by atoms with Gasteiger partial charge in [0.1, 0.15) is 5.54 Å². The lowest BCUT2D eigenvalue weighted by atomic mass is 9.69. The van der Waals surface area contributed by atoms with Gasteiger partial charge in [-0.05, 0) is 30.7 Å². The summed E-state index contributed by atoms with van der Waals surface area (Å²) in [6.45, 7) is 4.05. The molecule has 22 heavy (non-hydrogen) atoms. The number of hydrogen-bond donors (Lipinski definition) is 3. The molecule has 3 rings (SSSR count). The molecular formula is C17H20N2O3. The molecular weight excluding hydrogens is 280 g/mol. The van der Waals surface area contributed by atoms with Crippen molar-refractivity contribution in [3.8, 4) is 0 Å². The molecule has 5 heteroatoms. The molecule has 0 bridgehead atoms. The minimum absolute atomic E-state index is 0.325. The van der Waals surface area contributed by atoms with Crippen molar-refractivity contribution >= 4 is 22.8 Å². The lowest BCUT2D eigenvalue weighted by Gasteiger charge is -2.43. The van der Waals surface area contributed by atoms with Gasteiger partial charge in [-0.25, -0.2) is 4.79 Å². The Morgan fingerprint density at radius 2 is 2.14 bits per heavy atom. The average molecular weight is 300 g/mol. The summed E-state index contributed by atoms with van der Waals surface area (Å²) < 4.78 is 0. The third-order valence-electron chi connectivity index (χ3n) is 4.58. The second-order valence-corrected chi connectivity index (χ2v) is 6.25. The van der Waals surface area contributed by atoms with Crippen LogP contribution in [0.15, 0.2) is 24.4 Å². The molecule has 116 valence electrons. The Morgan fingerprint density at radius 3 is 2.73 bits per heavy atom. The van der Waals surface area contributed by atoms with E-state index in [0.717, 1.165) is 22.9 Å². The number of para-hydroxylation sites is 1. The first-order valence-corrected chi connectivity index (χ1v) is 7.61. The maximum atomic E-state index is 12.5. The summed E-state index contributed by atoms with van der Waals surface area (Å²) in [6.07, 6.45) is 3.50. The summed E-state index contributed by atoms with van der Waals surface area (Å²) in [7, 11) is 0. The molecule has 1 heterocycles. The minimum Gasteiger partial charge on any atom is -0.480 e. The number of nitrogens with one attached hydrogen (secondary N) is 2. The molecule has 1 saturated carbocycles. The number of carbonyl (C=O) groups excluding carboxylic acids is 1. The third-order valence-corrected chi connectivity index (χ3v) is 4.58. The van der Waals surface area contributed by atoms with Gasteiger partial charge in [-0.15, -0.1) is 0 Å². The number of amides is 1. The highest BCUT2D eigenvalue weighted by atomic mass is 16.4. The van der Waals surface area contributed by atoms with Crippen LogP contribution in [-0.2, 0) is 11.2 Å². The molecule has 0 spiro atoms. The molecule has 1 aliphatic rings. The van der Waals surface area contributed by atoms with Crippen LogP contribution in [0.3, 0.4) is 0 Å². The summed E-state index contributed by atoms with van der Waals surface area (Å²) in [4.78, 5) is 27.2. The van der Waals surface area contributed by atoms with Crippen molar-refractivity contribution in [3.63, 3.8) is 0 Å². The van der Waals surface area contributed by atoms with Crippen LogP contribution >= 0.6 is 0 Å². The van der Waals surface area contributed by atoms with E-state index in [9.17, 15) is 14.7 Å². The van der Waals surface area contributed by atoms with Crippen molar-refractivity contribution in [2.45, 2.75) is 38.6 Å². The van der Waals surface area contributed by atoms with E-state index < -0.39 is 11.5 Å². The first-order valence-electron chi connectivity index (χ1n) is 7.61. The van der Waals surface area contributed by atoms with Gasteiger partial charge in [-0.2, -0.15) is 0 Å². The summed E-state index contributed by atoms with van der Waals surface area (Å²) in [5.74, 6) is -0.951. The van der Waals surface area contributed by atoms with Gasteiger partial charge in [-0.1, -0.05) is 32.0 Å². The monoisotopic (exact) mass is 300 g/mol. The number of fused-ring (bicyclic) bond motifs is 1. The molecule has 1 aromatic carbocycles. The number of aromatic amines is 1. The first kappa shape index (κ1) is 14.6. The van der Waals surface area contributed by atoms with E-state index in [0.29, 0.717) is 24.3 Å². The lowest BCUT2D eigenvalue weighted by molar-refractivity contribution is -0.150. The Hall–Kier alpha value is -2.30. The Balaban J connectivity index is 1.91. The summed E-state index contributed by atoms with van der Waals surface area (Å²) in [5, 5.41) is 13.0. The van der Waals surface area contributed by atoms with E-state index in [-0.39, 0.29) is 5.91 Å². The number of carbonyl (C=O) groups is 2. The van der Waals surface area contributed by atoms with E-state index in [1.807, 2.05) is 25.1 Å². The van der Waals surface area contributed by atoms with Gasteiger partial charge in [0.15, 0.2) is 0 Å². The Bertz CT molecular complexity index is 741. The van der Waals surface area contributed by atoms with Crippen LogP contribution in [0.1, 0.15) is 42.6 Å². The highest BCUT2D eigenvalue weighted by Crippen LogP contribution is 2.38. The fourth-order valence-electron chi connectivity index (χ4n) is 3.44. The fourth-order valence-corrected chi connectivity index (χ4v) is 3.44. The lowest BCUT2D eigenvalue weighted by Crippen LogP contribution is -2.61. The maximum Gasteiger partial charge on any atom is 0.329 e. The van der Waals surface area contributed by atoms with Gasteiger partial charge in [0.2, 0.25) is 0 Å². The smallest absolute Gasteiger partial charge is 0.329 e. The predicted octanol–water partition coefficient (Wildman–Crippen LogP) is 2.71. The summed E-state index contributed by atoms with van der Waals surface area (Å²) >= 11 is 0. The Labute approximate surface area is 128 Å². The molecule has 0 radical (unpaired) electrons. The zero-order chi connectivity index (χ0) is 15.9. The van der Waals surface area contributed by atoms with Crippen molar-refractivity contribution in [3.05, 3.63) is 35.5 Å². The molecule has 5 nitrogen and oxygen atoms in total. The summed E-state index contributed by atoms with van der Waals surface area (Å²) in [6, 6.07) is 5.83. The number of carboxylic acid groups (broad SMARTS) is 1. The second-order valence-electron chi connectivity index (χ2n) is 6.25. The Kier molecular flexibility index (Phi) is 3.43. The van der Waals surface area contributed by atoms with Crippen LogP contribution in [-0.4, -0.2) is 27.5 Å². The predicted molar refractivity (Wildman–Crippen MR) is 83.9 cm³/mol. The fraction of sp³-hybridized carbons (Fsp3) is 0.412. The van der Waals surface area contributed by atoms with Crippen LogP contribution in [0.2, 0.25) is 0 Å². The topological polar surface area (TPSA) is 82.2 Å². The van der Waals surface area contributed by atoms with Crippen LogP contribution < -0.4 is 5.32 Å². The minimum atomic E-state index is -1.11. The van der Waals surface area contributed by atoms with Crippen LogP contribution in [0.5, 0.6) is 0 Å². The average Bonchev–Trinajstić information content (AvgIpc) is 2.88. The van der Waals surface area contributed by atoms with Gasteiger partial charge in [0.25, 0.3) is 5.91 Å². The van der Waals surface area contributed by atoms with E-state index in [2.05, 4.69) is 17.2 Å². The SMILES string of the molecule is CCc1cccc2c(C(=O)NC3(C(=O)O)CC(C)C3)c[nH]c12. The molecule has 0 saturated heterocycles. The van der Waals surface area contributed by atoms with E-state index in [1.165, 1.54) is 0 Å². The van der Waals surface area contributed by atoms with Crippen molar-refractivity contribution in [1.82, 2.24) is 10.3 Å². The molecule has 1 aromatic heterocycles. The van der Waals surface area contributed by atoms with Crippen LogP contribution in [0.25, 0.3) is 10.9 Å². The largest absolute Gasteiger partial charge is 0.480 e. The molecule has 0 aliphatic heterocycles. The maximum absolute atomic E-state index is 12.5. The number of benzene rings is 1. The normalized spacial score (nSPS) is 24.0. The van der Waals surface area contributed by atoms with Crippen molar-refractivity contribution < 1.29 is 14.7 Å². The number of carboxylic acids is 1. The molecule has 1 amide bonds. The number of aliphatic carboxylic acids is 1. The zero-order valence-electron chi connectivity index (χ0n) is 12.8. The number of hydrogen-bond acceptors (Lipinski definition) is 2. The molecule has 0 unspecified atom stereocenters. The molecule has 0 atom stereocenters. The van der Waals surface area contributed by atoms with Gasteiger partial charge < -0.3 is 15.4 Å². The van der Waals surface area contributed by atoms with Crippen molar-refractivity contribution in [1.29, 1.82) is 0 Å². The van der Waals surface area contributed by atoms with E-state index in [4.69, 9.17) is 0 Å². The van der Waals surface area contributed by atoms with Gasteiger partial charge in [-0.3, -0.25) is 4.79 Å². The number of H-pyrrole nitrogens is 1. The number of rotatable bonds is 4. The Morgan fingerprint density at radius 1 is 1.41 bits per heavy atom. The molecule has 1 fully saturated rings. The third kappa shape index (κ3) is 2.17. The van der Waals surface area contributed by atoms with Crippen LogP contribution in [0.4, 0.5) is 0 Å². The van der Waals surface area contributed by atoms with E-state index >= 15 is 0 Å². The highest BCUT2D eigenvalue weighted by molar-refractivity contribution is 6.08.